The van der Waals surface area contributed by atoms with Crippen molar-refractivity contribution in [1.82, 2.24) is 56.8 Å². The van der Waals surface area contributed by atoms with Gasteiger partial charge in [0.2, 0.25) is 29.5 Å². The van der Waals surface area contributed by atoms with Gasteiger partial charge >= 0.3 is 23.9 Å². The van der Waals surface area contributed by atoms with Crippen LogP contribution >= 0.6 is 0 Å². The van der Waals surface area contributed by atoms with E-state index in [1.54, 1.807) is 76.2 Å². The van der Waals surface area contributed by atoms with Crippen molar-refractivity contribution in [1.29, 1.82) is 0 Å². The average molecular weight is 1200 g/mol. The van der Waals surface area contributed by atoms with E-state index < -0.39 is 53.8 Å². The van der Waals surface area contributed by atoms with Gasteiger partial charge in [-0.3, -0.25) is 58.0 Å². The molecule has 0 radical (unpaired) electrons. The maximum Gasteiger partial charge on any atom is 0.344 e. The third kappa shape index (κ3) is 30.9. The smallest absolute Gasteiger partial charge is 0.344 e. The van der Waals surface area contributed by atoms with E-state index in [9.17, 15) is 63.6 Å². The number of guanidine groups is 1. The van der Waals surface area contributed by atoms with Crippen LogP contribution in [0.3, 0.4) is 0 Å². The van der Waals surface area contributed by atoms with Gasteiger partial charge in [-0.15, -0.1) is 0 Å². The summed E-state index contributed by atoms with van der Waals surface area (Å²) in [6, 6.07) is 10.9. The Morgan fingerprint density at radius 2 is 1.13 bits per heavy atom. The lowest BCUT2D eigenvalue weighted by Crippen LogP contribution is -2.49. The van der Waals surface area contributed by atoms with Crippen molar-refractivity contribution in [2.24, 2.45) is 16.5 Å². The molecule has 1 aliphatic heterocycles. The van der Waals surface area contributed by atoms with Gasteiger partial charge in [-0.2, -0.15) is 4.99 Å². The number of nitrogens with zero attached hydrogens (tertiary/aromatic N) is 5. The predicted octanol–water partition coefficient (Wildman–Crippen LogP) is -0.497. The van der Waals surface area contributed by atoms with Crippen LogP contribution in [0.15, 0.2) is 90.0 Å². The topological polar surface area (TPSA) is 408 Å². The van der Waals surface area contributed by atoms with E-state index in [0.29, 0.717) is 63.0 Å². The zero-order valence-corrected chi connectivity index (χ0v) is 49.4. The molecule has 16 N–H and O–H groups in total. The Hall–Kier alpha value is -8.44. The van der Waals surface area contributed by atoms with Crippen molar-refractivity contribution >= 4 is 65.1 Å². The second-order valence-electron chi connectivity index (χ2n) is 20.4. The first-order valence-corrected chi connectivity index (χ1v) is 28.8. The van der Waals surface area contributed by atoms with Crippen LogP contribution in [0.4, 0.5) is 10.5 Å². The fraction of sp³-hybridized carbons (Fsp3) is 0.517. The number of aliphatic carboxylic acids is 3. The van der Waals surface area contributed by atoms with Gasteiger partial charge in [-0.05, 0) is 80.0 Å². The summed E-state index contributed by atoms with van der Waals surface area (Å²) in [4.78, 5) is 123. The van der Waals surface area contributed by atoms with Crippen LogP contribution in [0.1, 0.15) is 69.4 Å². The summed E-state index contributed by atoms with van der Waals surface area (Å²) in [5, 5.41) is 60.9. The van der Waals surface area contributed by atoms with Crippen LogP contribution < -0.4 is 54.0 Å². The highest BCUT2D eigenvalue weighted by atomic mass is 16.4. The van der Waals surface area contributed by atoms with Crippen LogP contribution in [-0.4, -0.2) is 229 Å². The number of hydrogen-bond acceptors (Lipinski definition) is 16. The summed E-state index contributed by atoms with van der Waals surface area (Å²) in [5.41, 5.74) is 14.6. The Morgan fingerprint density at radius 1 is 0.605 bits per heavy atom. The number of allylic oxidation sites excluding steroid dienone is 4. The van der Waals surface area contributed by atoms with Gasteiger partial charge in [-0.1, -0.05) is 62.1 Å². The molecule has 0 saturated carbocycles. The van der Waals surface area contributed by atoms with Gasteiger partial charge in [0, 0.05) is 110 Å². The summed E-state index contributed by atoms with van der Waals surface area (Å²) in [7, 11) is 0. The summed E-state index contributed by atoms with van der Waals surface area (Å²) in [6.45, 7) is 10.8. The number of benzene rings is 2. The molecule has 0 unspecified atom stereocenters. The SMILES string of the molecule is C=C(/C=C\C=C/C)[C@H](C(=O)N[C@H](CCCN/C(N)=N\C(=O)NCCNC(=O)CC)C(=O)NCc1ccc(O)cc1)c1ccc(NCCCNC(=O)[C@H](N)CCCNC(=O)CN2CCN(CC(=O)O)CCN(CC(=O)O)CCN(CC(=O)O)CC2)cc1. The maximum atomic E-state index is 14.3. The number of carbonyl (C=O) groups excluding carboxylic acids is 6. The highest BCUT2D eigenvalue weighted by Gasteiger charge is 2.28. The number of hydrogen-bond donors (Lipinski definition) is 14. The third-order valence-electron chi connectivity index (χ3n) is 13.5. The summed E-state index contributed by atoms with van der Waals surface area (Å²) in [6.07, 6.45) is 9.11. The van der Waals surface area contributed by atoms with Crippen molar-refractivity contribution in [3.63, 3.8) is 0 Å². The van der Waals surface area contributed by atoms with Crippen LogP contribution in [-0.2, 0) is 44.9 Å². The number of rotatable bonds is 35. The number of anilines is 1. The lowest BCUT2D eigenvalue weighted by Gasteiger charge is -2.32. The Kier molecular flexibility index (Phi) is 34.0. The molecule has 1 heterocycles. The number of carboxylic acid groups (broad SMARTS) is 3. The minimum absolute atomic E-state index is 0.0427. The molecule has 86 heavy (non-hydrogen) atoms. The first-order chi connectivity index (χ1) is 41.1. The van der Waals surface area contributed by atoms with Gasteiger partial charge < -0.3 is 74.4 Å². The summed E-state index contributed by atoms with van der Waals surface area (Å²) < 4.78 is 0. The Bertz CT molecular complexity index is 2570. The highest BCUT2D eigenvalue weighted by molar-refractivity contribution is 5.93. The Labute approximate surface area is 502 Å². The van der Waals surface area contributed by atoms with E-state index in [-0.39, 0.29) is 140 Å². The van der Waals surface area contributed by atoms with E-state index in [2.05, 4.69) is 54.1 Å². The molecule has 28 nitrogen and oxygen atoms in total. The summed E-state index contributed by atoms with van der Waals surface area (Å²) >= 11 is 0. The van der Waals surface area contributed by atoms with E-state index in [1.165, 1.54) is 12.1 Å². The van der Waals surface area contributed by atoms with Crippen molar-refractivity contribution < 1.29 is 63.6 Å². The van der Waals surface area contributed by atoms with Crippen molar-refractivity contribution in [3.05, 3.63) is 96.1 Å². The number of phenolic OH excluding ortho intramolecular Hbond substituents is 1. The number of aliphatic imine (C=N–C) groups is 1. The number of aromatic hydroxyl groups is 1. The second-order valence-corrected chi connectivity index (χ2v) is 20.4. The standard InChI is InChI=1S/C58H89N15O13/c1-4-6-7-11-41(3)53(56(85)68-47(55(84)67-36-42-14-20-45(74)21-15-42)13-9-23-65-57(60)69-58(86)66-27-26-63-48(75)5-2)43-16-18-44(19-17-43)61-24-10-25-64-54(83)46(59)12-8-22-62-49(76)37-70-28-30-71(38-50(77)78)32-34-73(40-52(81)82)35-33-72(31-29-70)39-51(79)80/h4,6-7,11,14-21,46-47,53,61,74H,3,5,8-10,12-13,22-40,59H2,1-2H3,(H,62,76)(H,63,75)(H,64,83)(H,67,84)(H,68,85)(H,77,78)(H,79,80)(H,81,82)(H4,60,65,66,69,86)/b6-4-,11-7-/t46-,47-,53+/m1/s1. The normalized spacial score (nSPS) is 15.2. The predicted molar refractivity (Wildman–Crippen MR) is 325 cm³/mol. The number of nitrogens with one attached hydrogen (secondary N) is 8. The molecule has 0 aromatic heterocycles. The Balaban J connectivity index is 1.53. The quantitative estimate of drug-likeness (QED) is 0.0179. The molecular weight excluding hydrogens is 1110 g/mol. The van der Waals surface area contributed by atoms with E-state index in [1.807, 2.05) is 17.9 Å². The van der Waals surface area contributed by atoms with E-state index >= 15 is 0 Å². The van der Waals surface area contributed by atoms with Crippen LogP contribution in [0.5, 0.6) is 5.75 Å². The van der Waals surface area contributed by atoms with Gasteiger partial charge in [0.1, 0.15) is 11.8 Å². The molecule has 3 atom stereocenters. The zero-order valence-electron chi connectivity index (χ0n) is 49.4. The van der Waals surface area contributed by atoms with Gasteiger partial charge in [0.05, 0.1) is 38.1 Å². The van der Waals surface area contributed by atoms with E-state index in [4.69, 9.17) is 11.5 Å². The molecule has 28 heteroatoms. The zero-order chi connectivity index (χ0) is 63.2. The number of amides is 7. The van der Waals surface area contributed by atoms with Crippen molar-refractivity contribution in [2.45, 2.75) is 76.9 Å². The number of phenols is 1. The molecule has 2 aromatic rings. The van der Waals surface area contributed by atoms with Crippen LogP contribution in [0.2, 0.25) is 0 Å². The fourth-order valence-electron chi connectivity index (χ4n) is 8.76. The van der Waals surface area contributed by atoms with Crippen molar-refractivity contribution in [3.8, 4) is 5.75 Å². The maximum absolute atomic E-state index is 14.3. The molecule has 0 aliphatic carbocycles. The molecule has 3 rings (SSSR count). The average Bonchev–Trinajstić information content (AvgIpc) is 2.99. The number of nitrogens with two attached hydrogens (primary N) is 2. The van der Waals surface area contributed by atoms with Gasteiger partial charge in [0.15, 0.2) is 5.96 Å². The van der Waals surface area contributed by atoms with Gasteiger partial charge in [0.25, 0.3) is 0 Å². The molecule has 0 bridgehead atoms. The van der Waals surface area contributed by atoms with Crippen LogP contribution in [0.25, 0.3) is 0 Å². The first-order valence-electron chi connectivity index (χ1n) is 28.8. The van der Waals surface area contributed by atoms with Crippen molar-refractivity contribution in [2.75, 3.05) is 123 Å². The van der Waals surface area contributed by atoms with Crippen LogP contribution in [0, 0.1) is 0 Å². The minimum Gasteiger partial charge on any atom is -0.508 e. The van der Waals surface area contributed by atoms with Gasteiger partial charge in [-0.25, -0.2) is 4.79 Å². The summed E-state index contributed by atoms with van der Waals surface area (Å²) in [5.74, 6) is -5.93. The third-order valence-corrected chi connectivity index (χ3v) is 13.5. The Morgan fingerprint density at radius 3 is 1.69 bits per heavy atom. The van der Waals surface area contributed by atoms with E-state index in [0.717, 1.165) is 11.3 Å². The number of carbonyl (C=O) groups is 9. The first kappa shape index (κ1) is 71.8. The number of carboxylic acids is 3. The fourth-order valence-corrected chi connectivity index (χ4v) is 8.76. The minimum atomic E-state index is -1.05. The molecule has 474 valence electrons. The molecule has 2 aromatic carbocycles. The lowest BCUT2D eigenvalue weighted by atomic mass is 9.90. The molecule has 0 spiro atoms. The largest absolute Gasteiger partial charge is 0.508 e. The highest BCUT2D eigenvalue weighted by Crippen LogP contribution is 2.27. The lowest BCUT2D eigenvalue weighted by molar-refractivity contribution is -0.140. The molecule has 1 saturated heterocycles. The monoisotopic (exact) mass is 1200 g/mol. The molecule has 1 aliphatic rings. The molecule has 7 amide bonds. The number of urea groups is 1. The second kappa shape index (κ2) is 40.8. The molecular formula is C58H89N15O13. The molecule has 1 fully saturated rings.